The Hall–Kier alpha value is -0.150. The molecule has 1 atom stereocenters. The highest BCUT2D eigenvalue weighted by molar-refractivity contribution is 4.85. The van der Waals surface area contributed by atoms with Crippen LogP contribution in [0.5, 0.6) is 0 Å². The Bertz CT molecular complexity index is 240. The highest BCUT2D eigenvalue weighted by Gasteiger charge is 2.32. The zero-order valence-corrected chi connectivity index (χ0v) is 12.1. The molecule has 0 aliphatic carbocycles. The Morgan fingerprint density at radius 1 is 1.24 bits per heavy atom. The number of nitrogens with zero attached hydrogens (tertiary/aromatic N) is 1. The second kappa shape index (κ2) is 5.66. The zero-order chi connectivity index (χ0) is 13.1. The van der Waals surface area contributed by atoms with E-state index in [1.54, 1.807) is 7.11 Å². The van der Waals surface area contributed by atoms with Gasteiger partial charge >= 0.3 is 0 Å². The van der Waals surface area contributed by atoms with Crippen molar-refractivity contribution < 1.29 is 9.13 Å². The summed E-state index contributed by atoms with van der Waals surface area (Å²) in [6.45, 7) is 12.3. The van der Waals surface area contributed by atoms with Gasteiger partial charge in [-0.05, 0) is 23.7 Å². The summed E-state index contributed by atoms with van der Waals surface area (Å²) >= 11 is 0. The molecule has 1 rings (SSSR count). The monoisotopic (exact) mass is 245 g/mol. The first-order valence-corrected chi connectivity index (χ1v) is 6.59. The molecule has 0 radical (unpaired) electrons. The minimum absolute atomic E-state index is 0.188. The second-order valence-corrected chi connectivity index (χ2v) is 7.06. The predicted molar refractivity (Wildman–Crippen MR) is 70.0 cm³/mol. The summed E-state index contributed by atoms with van der Waals surface area (Å²) in [5.74, 6) is 0. The van der Waals surface area contributed by atoms with E-state index in [1.807, 2.05) is 0 Å². The molecule has 0 spiro atoms. The van der Waals surface area contributed by atoms with Crippen molar-refractivity contribution in [1.29, 1.82) is 0 Å². The van der Waals surface area contributed by atoms with Gasteiger partial charge in [0.1, 0.15) is 6.17 Å². The molecule has 0 aromatic heterocycles. The van der Waals surface area contributed by atoms with Crippen LogP contribution in [-0.4, -0.2) is 44.4 Å². The largest absolute Gasteiger partial charge is 0.384 e. The Morgan fingerprint density at radius 3 is 2.35 bits per heavy atom. The molecule has 0 N–H and O–H groups in total. The summed E-state index contributed by atoms with van der Waals surface area (Å²) in [4.78, 5) is 2.26. The number of rotatable bonds is 6. The number of hydrogen-bond donors (Lipinski definition) is 0. The second-order valence-electron chi connectivity index (χ2n) is 7.06. The Balaban J connectivity index is 2.44. The van der Waals surface area contributed by atoms with E-state index in [1.165, 1.54) is 0 Å². The molecule has 1 fully saturated rings. The topological polar surface area (TPSA) is 12.5 Å². The third kappa shape index (κ3) is 5.35. The van der Waals surface area contributed by atoms with Crippen LogP contribution in [0.15, 0.2) is 0 Å². The van der Waals surface area contributed by atoms with Crippen LogP contribution in [-0.2, 0) is 4.74 Å². The summed E-state index contributed by atoms with van der Waals surface area (Å²) in [6.07, 6.45) is 1.19. The first-order valence-electron chi connectivity index (χ1n) is 6.59. The van der Waals surface area contributed by atoms with Gasteiger partial charge in [0.2, 0.25) is 0 Å². The molecule has 0 bridgehead atoms. The van der Waals surface area contributed by atoms with E-state index < -0.39 is 6.17 Å². The summed E-state index contributed by atoms with van der Waals surface area (Å²) in [5, 5.41) is 0. The molecular weight excluding hydrogens is 217 g/mol. The summed E-state index contributed by atoms with van der Waals surface area (Å²) in [5.41, 5.74) is 0.402. The van der Waals surface area contributed by atoms with Gasteiger partial charge < -0.3 is 4.74 Å². The first kappa shape index (κ1) is 14.9. The number of likely N-dealkylation sites (tertiary alicyclic amines) is 1. The van der Waals surface area contributed by atoms with Crippen LogP contribution in [0.25, 0.3) is 0 Å². The molecule has 0 aromatic rings. The third-order valence-electron chi connectivity index (χ3n) is 3.36. The van der Waals surface area contributed by atoms with Crippen LogP contribution >= 0.6 is 0 Å². The highest BCUT2D eigenvalue weighted by atomic mass is 19.1. The Kier molecular flexibility index (Phi) is 4.96. The summed E-state index contributed by atoms with van der Waals surface area (Å²) in [7, 11) is 1.75. The zero-order valence-electron chi connectivity index (χ0n) is 12.1. The van der Waals surface area contributed by atoms with Crippen molar-refractivity contribution in [2.24, 2.45) is 10.8 Å². The van der Waals surface area contributed by atoms with E-state index in [-0.39, 0.29) is 10.8 Å². The highest BCUT2D eigenvalue weighted by Crippen LogP contribution is 2.35. The van der Waals surface area contributed by atoms with Gasteiger partial charge in [0.15, 0.2) is 0 Å². The average Bonchev–Trinajstić information content (AvgIpc) is 2.47. The van der Waals surface area contributed by atoms with E-state index in [0.29, 0.717) is 13.0 Å². The van der Waals surface area contributed by atoms with Crippen molar-refractivity contribution in [2.45, 2.75) is 46.7 Å². The Labute approximate surface area is 106 Å². The van der Waals surface area contributed by atoms with Crippen LogP contribution < -0.4 is 0 Å². The molecule has 1 aliphatic rings. The summed E-state index contributed by atoms with van der Waals surface area (Å²) < 4.78 is 18.4. The van der Waals surface area contributed by atoms with Crippen molar-refractivity contribution in [2.75, 3.05) is 33.4 Å². The third-order valence-corrected chi connectivity index (χ3v) is 3.36. The normalized spacial score (nSPS) is 23.3. The number of methoxy groups -OCH3 is 1. The van der Waals surface area contributed by atoms with Crippen LogP contribution in [0.3, 0.4) is 0 Å². The molecule has 0 aromatic carbocycles. The van der Waals surface area contributed by atoms with Gasteiger partial charge in [-0.15, -0.1) is 0 Å². The van der Waals surface area contributed by atoms with E-state index in [0.717, 1.165) is 26.1 Å². The maximum absolute atomic E-state index is 13.1. The quantitative estimate of drug-likeness (QED) is 0.713. The van der Waals surface area contributed by atoms with Crippen molar-refractivity contribution in [3.05, 3.63) is 0 Å². The van der Waals surface area contributed by atoms with Crippen LogP contribution in [0, 0.1) is 10.8 Å². The van der Waals surface area contributed by atoms with Crippen LogP contribution in [0.2, 0.25) is 0 Å². The average molecular weight is 245 g/mol. The lowest BCUT2D eigenvalue weighted by atomic mass is 9.75. The van der Waals surface area contributed by atoms with Crippen molar-refractivity contribution in [1.82, 2.24) is 4.90 Å². The molecule has 1 saturated heterocycles. The predicted octanol–water partition coefficient (Wildman–Crippen LogP) is 3.12. The summed E-state index contributed by atoms with van der Waals surface area (Å²) in [6, 6.07) is 0. The molecule has 0 saturated carbocycles. The minimum atomic E-state index is -0.613. The maximum Gasteiger partial charge on any atom is 0.114 e. The fourth-order valence-corrected chi connectivity index (χ4v) is 3.33. The lowest BCUT2D eigenvalue weighted by Gasteiger charge is -2.37. The van der Waals surface area contributed by atoms with Gasteiger partial charge in [0.25, 0.3) is 0 Å². The van der Waals surface area contributed by atoms with Crippen molar-refractivity contribution in [3.8, 4) is 0 Å². The van der Waals surface area contributed by atoms with Crippen molar-refractivity contribution >= 4 is 0 Å². The van der Waals surface area contributed by atoms with E-state index in [4.69, 9.17) is 4.74 Å². The number of halogens is 1. The maximum atomic E-state index is 13.1. The van der Waals surface area contributed by atoms with Gasteiger partial charge in [0.05, 0.1) is 6.61 Å². The molecular formula is C14H28FNO. The van der Waals surface area contributed by atoms with Gasteiger partial charge in [0, 0.05) is 26.7 Å². The molecule has 1 aliphatic heterocycles. The molecule has 2 nitrogen and oxygen atoms in total. The Morgan fingerprint density at radius 2 is 1.88 bits per heavy atom. The van der Waals surface area contributed by atoms with Gasteiger partial charge in [-0.3, -0.25) is 4.90 Å². The van der Waals surface area contributed by atoms with Crippen molar-refractivity contribution in [3.63, 3.8) is 0 Å². The molecule has 102 valence electrons. The number of ether oxygens (including phenoxy) is 1. The number of alkyl halides is 1. The van der Waals surface area contributed by atoms with E-state index >= 15 is 0 Å². The van der Waals surface area contributed by atoms with Gasteiger partial charge in [-0.2, -0.15) is 0 Å². The fraction of sp³-hybridized carbons (Fsp3) is 1.00. The molecule has 1 heterocycles. The SMILES string of the molecule is COCC(C)(C)CC(C)(C)CN1CCC(F)C1. The first-order chi connectivity index (χ1) is 7.74. The molecule has 0 amide bonds. The molecule has 17 heavy (non-hydrogen) atoms. The standard InChI is InChI=1S/C14H28FNO/c1-13(2,9-14(3,4)11-17-5)10-16-7-6-12(15)8-16/h12H,6-11H2,1-5H3. The lowest BCUT2D eigenvalue weighted by Crippen LogP contribution is -2.37. The molecule has 1 unspecified atom stereocenters. The molecule has 3 heteroatoms. The van der Waals surface area contributed by atoms with Gasteiger partial charge in [-0.25, -0.2) is 4.39 Å². The number of hydrogen-bond acceptors (Lipinski definition) is 2. The van der Waals surface area contributed by atoms with Gasteiger partial charge in [-0.1, -0.05) is 27.7 Å². The lowest BCUT2D eigenvalue weighted by molar-refractivity contribution is 0.0555. The fourth-order valence-electron chi connectivity index (χ4n) is 3.33. The minimum Gasteiger partial charge on any atom is -0.384 e. The smallest absolute Gasteiger partial charge is 0.114 e. The van der Waals surface area contributed by atoms with E-state index in [2.05, 4.69) is 32.6 Å². The van der Waals surface area contributed by atoms with E-state index in [9.17, 15) is 4.39 Å². The van der Waals surface area contributed by atoms with Crippen LogP contribution in [0.4, 0.5) is 4.39 Å². The van der Waals surface area contributed by atoms with Crippen LogP contribution in [0.1, 0.15) is 40.5 Å².